The third-order valence-electron chi connectivity index (χ3n) is 4.33. The number of hydrogen-bond donors (Lipinski definition) is 3. The highest BCUT2D eigenvalue weighted by molar-refractivity contribution is 6.32. The lowest BCUT2D eigenvalue weighted by atomic mass is 10.1. The van der Waals surface area contributed by atoms with Crippen molar-refractivity contribution in [1.82, 2.24) is 0 Å². The summed E-state index contributed by atoms with van der Waals surface area (Å²) in [6, 6.07) is 21.0. The van der Waals surface area contributed by atoms with Crippen LogP contribution in [0.5, 0.6) is 5.75 Å². The molecule has 0 aromatic heterocycles. The lowest BCUT2D eigenvalue weighted by Gasteiger charge is -2.20. The summed E-state index contributed by atoms with van der Waals surface area (Å²) in [5.74, 6) is 0.149. The molecule has 1 atom stereocenters. The molecule has 30 heavy (non-hydrogen) atoms. The van der Waals surface area contributed by atoms with Crippen molar-refractivity contribution in [2.24, 2.45) is 0 Å². The second-order valence-corrected chi connectivity index (χ2v) is 6.99. The van der Waals surface area contributed by atoms with Gasteiger partial charge in [-0.2, -0.15) is 0 Å². The monoisotopic (exact) mass is 423 g/mol. The van der Waals surface area contributed by atoms with Gasteiger partial charge in [0.2, 0.25) is 5.91 Å². The van der Waals surface area contributed by atoms with Crippen LogP contribution in [0.2, 0.25) is 5.02 Å². The van der Waals surface area contributed by atoms with Crippen LogP contribution in [0.1, 0.15) is 18.5 Å². The number of carbonyl (C=O) groups excluding carboxylic acids is 2. The van der Waals surface area contributed by atoms with Gasteiger partial charge in [0, 0.05) is 24.0 Å². The molecule has 0 spiro atoms. The van der Waals surface area contributed by atoms with Crippen molar-refractivity contribution in [2.75, 3.05) is 23.1 Å². The predicted octanol–water partition coefficient (Wildman–Crippen LogP) is 5.10. The minimum absolute atomic E-state index is 0.143. The van der Waals surface area contributed by atoms with Crippen LogP contribution in [0.4, 0.5) is 17.1 Å². The number of nitrogens with one attached hydrogen (secondary N) is 3. The Bertz CT molecular complexity index is 1020. The van der Waals surface area contributed by atoms with E-state index in [1.54, 1.807) is 42.5 Å². The highest BCUT2D eigenvalue weighted by atomic mass is 35.5. The van der Waals surface area contributed by atoms with Crippen molar-refractivity contribution < 1.29 is 14.3 Å². The van der Waals surface area contributed by atoms with Crippen LogP contribution in [-0.4, -0.2) is 18.9 Å². The Hall–Kier alpha value is -3.51. The number of halogens is 1. The van der Waals surface area contributed by atoms with E-state index in [4.69, 9.17) is 16.3 Å². The fourth-order valence-corrected chi connectivity index (χ4v) is 3.18. The molecule has 6 nitrogen and oxygen atoms in total. The number of rotatable bonds is 7. The fourth-order valence-electron chi connectivity index (χ4n) is 2.92. The Kier molecular flexibility index (Phi) is 6.93. The van der Waals surface area contributed by atoms with Gasteiger partial charge in [0.05, 0.1) is 12.1 Å². The minimum atomic E-state index is -0.640. The summed E-state index contributed by atoms with van der Waals surface area (Å²) in [6.07, 6.45) is 0. The van der Waals surface area contributed by atoms with Gasteiger partial charge in [0.15, 0.2) is 0 Å². The molecule has 0 heterocycles. The van der Waals surface area contributed by atoms with Gasteiger partial charge < -0.3 is 20.7 Å². The van der Waals surface area contributed by atoms with Crippen molar-refractivity contribution in [2.45, 2.75) is 13.0 Å². The van der Waals surface area contributed by atoms with E-state index in [9.17, 15) is 9.59 Å². The number of ether oxygens (including phenoxy) is 1. The zero-order valence-corrected chi connectivity index (χ0v) is 17.4. The third kappa shape index (κ3) is 5.52. The molecule has 3 aromatic rings. The number of hydrogen-bond acceptors (Lipinski definition) is 4. The molecular weight excluding hydrogens is 402 g/mol. The highest BCUT2D eigenvalue weighted by Crippen LogP contribution is 2.28. The molecule has 0 radical (unpaired) electrons. The van der Waals surface area contributed by atoms with Crippen LogP contribution in [0.25, 0.3) is 0 Å². The lowest BCUT2D eigenvalue weighted by molar-refractivity contribution is -0.117. The smallest absolute Gasteiger partial charge is 0.251 e. The summed E-state index contributed by atoms with van der Waals surface area (Å²) >= 11 is 6.17. The summed E-state index contributed by atoms with van der Waals surface area (Å²) < 4.78 is 5.15. The average Bonchev–Trinajstić information content (AvgIpc) is 2.73. The first-order chi connectivity index (χ1) is 14.5. The summed E-state index contributed by atoms with van der Waals surface area (Å²) in [6.45, 7) is 1.45. The second-order valence-electron chi connectivity index (χ2n) is 6.59. The first-order valence-electron chi connectivity index (χ1n) is 9.30. The molecule has 0 aliphatic heterocycles. The standard InChI is InChI=1S/C23H22ClN3O3/c1-15(28)25-17-8-10-18(11-9-17)26-22(16-6-4-3-5-7-16)23(29)27-19-12-13-21(30-2)20(24)14-19/h3-14,22,26H,1-2H3,(H,25,28)(H,27,29). The first kappa shape index (κ1) is 21.2. The molecule has 1 unspecified atom stereocenters. The van der Waals surface area contributed by atoms with Crippen molar-refractivity contribution >= 4 is 40.5 Å². The number of amides is 2. The van der Waals surface area contributed by atoms with Gasteiger partial charge in [-0.05, 0) is 48.0 Å². The predicted molar refractivity (Wildman–Crippen MR) is 120 cm³/mol. The van der Waals surface area contributed by atoms with E-state index in [-0.39, 0.29) is 11.8 Å². The molecule has 0 bridgehead atoms. The number of anilines is 3. The topological polar surface area (TPSA) is 79.5 Å². The molecule has 154 valence electrons. The summed E-state index contributed by atoms with van der Waals surface area (Å²) in [5.41, 5.74) is 2.79. The number of methoxy groups -OCH3 is 1. The van der Waals surface area contributed by atoms with Gasteiger partial charge >= 0.3 is 0 Å². The number of carbonyl (C=O) groups is 2. The maximum Gasteiger partial charge on any atom is 0.251 e. The third-order valence-corrected chi connectivity index (χ3v) is 4.63. The van der Waals surface area contributed by atoms with E-state index in [1.165, 1.54) is 14.0 Å². The van der Waals surface area contributed by atoms with Crippen molar-refractivity contribution in [1.29, 1.82) is 0 Å². The summed E-state index contributed by atoms with van der Waals surface area (Å²) in [7, 11) is 1.53. The van der Waals surface area contributed by atoms with Crippen LogP contribution in [0.15, 0.2) is 72.8 Å². The SMILES string of the molecule is COc1ccc(NC(=O)C(Nc2ccc(NC(C)=O)cc2)c2ccccc2)cc1Cl. The Labute approximate surface area is 180 Å². The number of benzene rings is 3. The quantitative estimate of drug-likeness (QED) is 0.494. The van der Waals surface area contributed by atoms with E-state index in [2.05, 4.69) is 16.0 Å². The molecule has 0 saturated heterocycles. The van der Waals surface area contributed by atoms with Crippen molar-refractivity contribution in [3.8, 4) is 5.75 Å². The Balaban J connectivity index is 1.81. The van der Waals surface area contributed by atoms with Crippen LogP contribution in [0, 0.1) is 0 Å². The Morgan fingerprint density at radius 1 is 0.867 bits per heavy atom. The zero-order valence-electron chi connectivity index (χ0n) is 16.6. The normalized spacial score (nSPS) is 11.3. The molecule has 0 aliphatic rings. The molecule has 0 aliphatic carbocycles. The fraction of sp³-hybridized carbons (Fsp3) is 0.130. The molecule has 3 rings (SSSR count). The zero-order chi connectivity index (χ0) is 21.5. The molecule has 2 amide bonds. The Morgan fingerprint density at radius 2 is 1.50 bits per heavy atom. The van der Waals surface area contributed by atoms with Gasteiger partial charge in [0.1, 0.15) is 11.8 Å². The van der Waals surface area contributed by atoms with E-state index >= 15 is 0 Å². The van der Waals surface area contributed by atoms with Gasteiger partial charge in [-0.25, -0.2) is 0 Å². The van der Waals surface area contributed by atoms with E-state index in [0.29, 0.717) is 22.1 Å². The van der Waals surface area contributed by atoms with Crippen LogP contribution in [-0.2, 0) is 9.59 Å². The highest BCUT2D eigenvalue weighted by Gasteiger charge is 2.21. The molecule has 3 aromatic carbocycles. The maximum atomic E-state index is 13.1. The second kappa shape index (κ2) is 9.80. The molecule has 0 saturated carbocycles. The van der Waals surface area contributed by atoms with Crippen molar-refractivity contribution in [3.05, 3.63) is 83.4 Å². The summed E-state index contributed by atoms with van der Waals surface area (Å²) in [5, 5.41) is 9.27. The van der Waals surface area contributed by atoms with E-state index < -0.39 is 6.04 Å². The molecule has 0 fully saturated rings. The average molecular weight is 424 g/mol. The lowest BCUT2D eigenvalue weighted by Crippen LogP contribution is -2.27. The van der Waals surface area contributed by atoms with E-state index in [0.717, 1.165) is 11.3 Å². The van der Waals surface area contributed by atoms with Gasteiger partial charge in [0.25, 0.3) is 5.91 Å². The van der Waals surface area contributed by atoms with Crippen LogP contribution < -0.4 is 20.7 Å². The van der Waals surface area contributed by atoms with Gasteiger partial charge in [-0.15, -0.1) is 0 Å². The van der Waals surface area contributed by atoms with E-state index in [1.807, 2.05) is 30.3 Å². The Morgan fingerprint density at radius 3 is 2.10 bits per heavy atom. The van der Waals surface area contributed by atoms with Gasteiger partial charge in [-0.1, -0.05) is 41.9 Å². The molecule has 3 N–H and O–H groups in total. The van der Waals surface area contributed by atoms with Crippen molar-refractivity contribution in [3.63, 3.8) is 0 Å². The van der Waals surface area contributed by atoms with Crippen LogP contribution in [0.3, 0.4) is 0 Å². The maximum absolute atomic E-state index is 13.1. The largest absolute Gasteiger partial charge is 0.495 e. The first-order valence-corrected chi connectivity index (χ1v) is 9.67. The molecule has 7 heteroatoms. The minimum Gasteiger partial charge on any atom is -0.495 e. The van der Waals surface area contributed by atoms with Crippen LogP contribution >= 0.6 is 11.6 Å². The summed E-state index contributed by atoms with van der Waals surface area (Å²) in [4.78, 5) is 24.3. The van der Waals surface area contributed by atoms with Gasteiger partial charge in [-0.3, -0.25) is 9.59 Å². The molecular formula is C23H22ClN3O3.